The van der Waals surface area contributed by atoms with E-state index in [1.807, 2.05) is 0 Å². The van der Waals surface area contributed by atoms with Crippen molar-refractivity contribution in [2.45, 2.75) is 20.2 Å². The lowest BCUT2D eigenvalue weighted by Crippen LogP contribution is -2.20. The monoisotopic (exact) mass is 364 g/mol. The van der Waals surface area contributed by atoms with Crippen LogP contribution in [-0.4, -0.2) is 18.9 Å². The van der Waals surface area contributed by atoms with Crippen LogP contribution in [0.4, 0.5) is 10.8 Å². The van der Waals surface area contributed by atoms with Crippen LogP contribution in [0.2, 0.25) is 0 Å². The Morgan fingerprint density at radius 2 is 1.87 bits per heavy atom. The third-order valence-corrected chi connectivity index (χ3v) is 7.06. The van der Waals surface area contributed by atoms with Crippen LogP contribution >= 0.6 is 23.1 Å². The Morgan fingerprint density at radius 1 is 1.13 bits per heavy atom. The van der Waals surface area contributed by atoms with Gasteiger partial charge in [-0.1, -0.05) is 23.1 Å². The normalized spacial score (nSPS) is 17.2. The lowest BCUT2D eigenvalue weighted by atomic mass is 10.3. The van der Waals surface area contributed by atoms with Crippen molar-refractivity contribution in [1.82, 2.24) is 4.98 Å². The summed E-state index contributed by atoms with van der Waals surface area (Å²) in [6, 6.07) is 9.83. The summed E-state index contributed by atoms with van der Waals surface area (Å²) in [5.74, 6) is 0. The van der Waals surface area contributed by atoms with E-state index in [1.54, 1.807) is 36.4 Å². The molecule has 1 aliphatic rings. The van der Waals surface area contributed by atoms with Crippen molar-refractivity contribution in [2.24, 2.45) is 5.73 Å². The van der Waals surface area contributed by atoms with Crippen molar-refractivity contribution in [2.75, 3.05) is 11.1 Å². The number of nitrogen functional groups attached to an aromatic ring is 1. The summed E-state index contributed by atoms with van der Waals surface area (Å²) >= 11 is 2.67. The van der Waals surface area contributed by atoms with Gasteiger partial charge in [-0.2, -0.15) is 0 Å². The minimum absolute atomic E-state index is 0.230. The van der Waals surface area contributed by atoms with E-state index in [9.17, 15) is 8.42 Å². The molecule has 0 bridgehead atoms. The Bertz CT molecular complexity index is 1030. The van der Waals surface area contributed by atoms with Crippen molar-refractivity contribution in [1.29, 1.82) is 0 Å². The molecule has 3 aromatic rings. The highest BCUT2D eigenvalue weighted by Crippen LogP contribution is 2.39. The number of thioether (sulfide) groups is 1. The van der Waals surface area contributed by atoms with Gasteiger partial charge in [-0.05, 0) is 36.4 Å². The Labute approximate surface area is 140 Å². The number of fused-ring (bicyclic) bond motifs is 2. The molecule has 2 aromatic carbocycles. The third kappa shape index (κ3) is 2.45. The number of rotatable bonds is 2. The first-order valence-corrected chi connectivity index (χ1v) is 9.85. The summed E-state index contributed by atoms with van der Waals surface area (Å²) in [6.45, 7) is 0. The molecule has 0 fully saturated rings. The van der Waals surface area contributed by atoms with Crippen LogP contribution in [0.1, 0.15) is 0 Å². The van der Waals surface area contributed by atoms with Crippen molar-refractivity contribution in [3.8, 4) is 0 Å². The van der Waals surface area contributed by atoms with E-state index in [0.29, 0.717) is 10.6 Å². The van der Waals surface area contributed by atoms with E-state index in [2.05, 4.69) is 10.3 Å². The van der Waals surface area contributed by atoms with Gasteiger partial charge < -0.3 is 16.8 Å². The lowest BCUT2D eigenvalue weighted by molar-refractivity contribution is 0.596. The number of nitrogens with one attached hydrogen (secondary N) is 1. The zero-order valence-electron chi connectivity index (χ0n) is 11.7. The largest absolute Gasteiger partial charge is 0.375 e. The molecule has 4 rings (SSSR count). The Hall–Kier alpha value is -1.81. The molecule has 0 saturated carbocycles. The summed E-state index contributed by atoms with van der Waals surface area (Å²) in [5.41, 5.74) is 12.8. The molecule has 2 heterocycles. The number of hydrogen-bond acceptors (Lipinski definition) is 8. The average Bonchev–Trinajstić information content (AvgIpc) is 3.05. The highest BCUT2D eigenvalue weighted by molar-refractivity contribution is 8.00. The second kappa shape index (κ2) is 5.10. The van der Waals surface area contributed by atoms with Gasteiger partial charge in [0.05, 0.1) is 20.0 Å². The molecule has 9 heteroatoms. The fraction of sp³-hybridized carbons (Fsp3) is 0.0714. The molecule has 1 aliphatic heterocycles. The first-order chi connectivity index (χ1) is 10.9. The van der Waals surface area contributed by atoms with Gasteiger partial charge in [0.2, 0.25) is 9.84 Å². The fourth-order valence-corrected chi connectivity index (χ4v) is 5.58. The maximum atomic E-state index is 12.9. The van der Waals surface area contributed by atoms with E-state index in [4.69, 9.17) is 11.5 Å². The topological polar surface area (TPSA) is 111 Å². The van der Waals surface area contributed by atoms with Crippen LogP contribution in [0.5, 0.6) is 0 Å². The highest BCUT2D eigenvalue weighted by atomic mass is 32.2. The number of sulfone groups is 1. The quantitative estimate of drug-likeness (QED) is 0.640. The molecule has 0 aliphatic carbocycles. The van der Waals surface area contributed by atoms with Gasteiger partial charge in [-0.25, -0.2) is 13.4 Å². The van der Waals surface area contributed by atoms with Crippen LogP contribution in [0, 0.1) is 0 Å². The van der Waals surface area contributed by atoms with E-state index in [1.165, 1.54) is 23.1 Å². The molecule has 0 amide bonds. The van der Waals surface area contributed by atoms with Gasteiger partial charge >= 0.3 is 0 Å². The molecule has 1 unspecified atom stereocenters. The second-order valence-corrected chi connectivity index (χ2v) is 9.22. The van der Waals surface area contributed by atoms with E-state index in [-0.39, 0.29) is 15.3 Å². The molecule has 1 atom stereocenters. The minimum Gasteiger partial charge on any atom is -0.375 e. The first kappa shape index (κ1) is 14.8. The maximum Gasteiger partial charge on any atom is 0.206 e. The molecule has 5 N–H and O–H groups in total. The zero-order chi connectivity index (χ0) is 16.2. The molecule has 118 valence electrons. The number of nitrogens with two attached hydrogens (primary N) is 2. The van der Waals surface area contributed by atoms with Crippen LogP contribution in [0.3, 0.4) is 0 Å². The maximum absolute atomic E-state index is 12.9. The summed E-state index contributed by atoms with van der Waals surface area (Å²) in [7, 11) is -3.60. The highest BCUT2D eigenvalue weighted by Gasteiger charge is 2.24. The van der Waals surface area contributed by atoms with E-state index in [0.717, 1.165) is 15.3 Å². The van der Waals surface area contributed by atoms with Gasteiger partial charge in [0.1, 0.15) is 5.50 Å². The van der Waals surface area contributed by atoms with Gasteiger partial charge in [-0.3, -0.25) is 0 Å². The van der Waals surface area contributed by atoms with Crippen molar-refractivity contribution in [3.63, 3.8) is 0 Å². The zero-order valence-corrected chi connectivity index (χ0v) is 14.1. The number of hydrogen-bond donors (Lipinski definition) is 3. The summed E-state index contributed by atoms with van der Waals surface area (Å²) in [6.07, 6.45) is 0. The summed E-state index contributed by atoms with van der Waals surface area (Å²) < 4.78 is 26.5. The van der Waals surface area contributed by atoms with Crippen molar-refractivity contribution in [3.05, 3.63) is 36.4 Å². The van der Waals surface area contributed by atoms with Gasteiger partial charge in [-0.15, -0.1) is 0 Å². The van der Waals surface area contributed by atoms with Gasteiger partial charge in [0.25, 0.3) is 0 Å². The van der Waals surface area contributed by atoms with E-state index >= 15 is 0 Å². The molecular formula is C14H12N4O2S3. The predicted octanol–water partition coefficient (Wildman–Crippen LogP) is 2.47. The fourth-order valence-electron chi connectivity index (χ4n) is 2.43. The SMILES string of the molecule is Nc1nc2ccc(S(=O)(=O)c3ccc4c(c3)SC(N)N4)cc2s1. The van der Waals surface area contributed by atoms with Crippen molar-refractivity contribution >= 4 is 54.0 Å². The predicted molar refractivity (Wildman–Crippen MR) is 93.4 cm³/mol. The molecule has 0 radical (unpaired) electrons. The molecular weight excluding hydrogens is 352 g/mol. The average molecular weight is 364 g/mol. The Morgan fingerprint density at radius 3 is 2.70 bits per heavy atom. The lowest BCUT2D eigenvalue weighted by Gasteiger charge is -2.06. The van der Waals surface area contributed by atoms with Crippen LogP contribution in [0.25, 0.3) is 10.2 Å². The standard InChI is InChI=1S/C14H12N4O2S3/c15-13-17-9-3-1-7(5-11(9)21-13)23(19,20)8-2-4-10-12(6-8)22-14(16)18-10/h1-6,13,17H,15H2,(H2,16,18). The summed E-state index contributed by atoms with van der Waals surface area (Å²) in [4.78, 5) is 5.45. The number of nitrogens with zero attached hydrogens (tertiary/aromatic N) is 1. The number of anilines is 2. The molecule has 23 heavy (non-hydrogen) atoms. The number of aromatic nitrogens is 1. The Balaban J connectivity index is 1.81. The van der Waals surface area contributed by atoms with E-state index < -0.39 is 9.84 Å². The second-order valence-electron chi connectivity index (χ2n) is 5.03. The van der Waals surface area contributed by atoms with Gasteiger partial charge in [0, 0.05) is 10.6 Å². The van der Waals surface area contributed by atoms with Crippen LogP contribution in [0.15, 0.2) is 51.1 Å². The summed E-state index contributed by atoms with van der Waals surface area (Å²) in [5, 5.41) is 3.49. The molecule has 0 saturated heterocycles. The molecule has 6 nitrogen and oxygen atoms in total. The smallest absolute Gasteiger partial charge is 0.206 e. The Kier molecular flexibility index (Phi) is 3.27. The van der Waals surface area contributed by atoms with Gasteiger partial charge in [0.15, 0.2) is 5.13 Å². The van der Waals surface area contributed by atoms with Crippen LogP contribution in [-0.2, 0) is 9.84 Å². The first-order valence-electron chi connectivity index (χ1n) is 6.67. The minimum atomic E-state index is -3.60. The molecule has 1 aromatic heterocycles. The number of benzene rings is 2. The number of thiazole rings is 1. The third-order valence-electron chi connectivity index (χ3n) is 3.50. The van der Waals surface area contributed by atoms with Crippen molar-refractivity contribution < 1.29 is 8.42 Å². The molecule has 0 spiro atoms. The van der Waals surface area contributed by atoms with Crippen LogP contribution < -0.4 is 16.8 Å².